The number of piperazine rings is 1. The summed E-state index contributed by atoms with van der Waals surface area (Å²) in [4.78, 5) is 33.5. The molecule has 4 aromatic rings. The summed E-state index contributed by atoms with van der Waals surface area (Å²) in [6.07, 6.45) is 1.16. The molecule has 14 nitrogen and oxygen atoms in total. The van der Waals surface area contributed by atoms with Crippen LogP contribution in [-0.2, 0) is 32.7 Å². The number of nitriles is 1. The standard InChI is InChI=1S/C41H41N5O9S/c1-17-10-20-11-25-26(13-42)46-27-14-52-40(49)41(39-22(8-9-43-41)23-12-21(50-4)6-7-24(23)45-39)15-56-38(32(46)31(44-25)28(20)33(48)34(17)51-5)30-29(27)37-36(53-16-54-37)18(2)35(30)55-19(3)47/h6-7,10,12,25-27,31-32,38,43-45,48H,8-9,11,14-16H2,1-5H3/t25?,26-,27-,31?,32+,38+,41+/m0/s1. The molecule has 2 saturated heterocycles. The number of H-pyrrole nitrogens is 1. The van der Waals surface area contributed by atoms with Crippen molar-refractivity contribution in [3.8, 4) is 40.6 Å². The van der Waals surface area contributed by atoms with Crippen molar-refractivity contribution >= 4 is 34.6 Å². The molecule has 1 spiro atoms. The van der Waals surface area contributed by atoms with E-state index >= 15 is 0 Å². The highest BCUT2D eigenvalue weighted by atomic mass is 32.2. The van der Waals surface area contributed by atoms with E-state index in [9.17, 15) is 20.0 Å². The van der Waals surface area contributed by atoms with Crippen molar-refractivity contribution in [3.63, 3.8) is 0 Å². The highest BCUT2D eigenvalue weighted by molar-refractivity contribution is 7.99. The van der Waals surface area contributed by atoms with Gasteiger partial charge in [-0.25, -0.2) is 4.79 Å². The number of ether oxygens (including phenoxy) is 6. The topological polar surface area (TPSA) is 177 Å². The second-order valence-corrected chi connectivity index (χ2v) is 16.5. The fraction of sp³-hybridized carbons (Fsp3) is 0.439. The fourth-order valence-corrected chi connectivity index (χ4v) is 12.0. The van der Waals surface area contributed by atoms with Gasteiger partial charge in [0, 0.05) is 64.5 Å². The second-order valence-electron chi connectivity index (χ2n) is 15.4. The van der Waals surface area contributed by atoms with Crippen LogP contribution in [0, 0.1) is 25.2 Å². The Balaban J connectivity index is 1.23. The van der Waals surface area contributed by atoms with E-state index in [1.807, 2.05) is 38.1 Å². The third kappa shape index (κ3) is 4.73. The first-order valence-corrected chi connectivity index (χ1v) is 19.8. The number of rotatable bonds is 3. The molecule has 15 heteroatoms. The number of nitrogens with zero attached hydrogens (tertiary/aromatic N) is 2. The Kier molecular flexibility index (Phi) is 7.99. The summed E-state index contributed by atoms with van der Waals surface area (Å²) < 4.78 is 36.2. The molecule has 7 atom stereocenters. The van der Waals surface area contributed by atoms with E-state index in [2.05, 4.69) is 26.6 Å². The monoisotopic (exact) mass is 779 g/mol. The van der Waals surface area contributed by atoms with E-state index in [1.165, 1.54) is 18.7 Å². The predicted octanol–water partition coefficient (Wildman–Crippen LogP) is 4.42. The van der Waals surface area contributed by atoms with E-state index in [4.69, 9.17) is 28.4 Å². The predicted molar refractivity (Wildman–Crippen MR) is 204 cm³/mol. The average Bonchev–Trinajstić information content (AvgIpc) is 3.83. The first-order valence-electron chi connectivity index (χ1n) is 18.8. The lowest BCUT2D eigenvalue weighted by Crippen LogP contribution is -2.69. The highest BCUT2D eigenvalue weighted by Crippen LogP contribution is 2.63. The quantitative estimate of drug-likeness (QED) is 0.170. The van der Waals surface area contributed by atoms with Gasteiger partial charge in [-0.1, -0.05) is 6.07 Å². The zero-order valence-corrected chi connectivity index (χ0v) is 32.3. The zero-order chi connectivity index (χ0) is 38.8. The third-order valence-corrected chi connectivity index (χ3v) is 14.1. The van der Waals surface area contributed by atoms with Gasteiger partial charge in [0.1, 0.15) is 24.1 Å². The molecule has 4 bridgehead atoms. The molecule has 0 radical (unpaired) electrons. The van der Waals surface area contributed by atoms with Crippen LogP contribution in [0.1, 0.15) is 68.9 Å². The molecule has 7 aliphatic rings. The number of benzene rings is 3. The van der Waals surface area contributed by atoms with Crippen molar-refractivity contribution in [3.05, 3.63) is 68.9 Å². The third-order valence-electron chi connectivity index (χ3n) is 12.6. The van der Waals surface area contributed by atoms with Crippen molar-refractivity contribution in [1.29, 1.82) is 5.26 Å². The van der Waals surface area contributed by atoms with Crippen molar-refractivity contribution in [2.24, 2.45) is 0 Å². The number of esters is 2. The number of thioether (sulfide) groups is 1. The number of hydrogen-bond donors (Lipinski definition) is 4. The van der Waals surface area contributed by atoms with Gasteiger partial charge in [0.25, 0.3) is 0 Å². The number of hydrogen-bond acceptors (Lipinski definition) is 14. The lowest BCUT2D eigenvalue weighted by atomic mass is 9.72. The second kappa shape index (κ2) is 12.7. The highest BCUT2D eigenvalue weighted by Gasteiger charge is 2.60. The molecule has 4 N–H and O–H groups in total. The summed E-state index contributed by atoms with van der Waals surface area (Å²) in [5.41, 5.74) is 5.76. The number of carbonyl (C=O) groups is 2. The van der Waals surface area contributed by atoms with Crippen LogP contribution in [0.25, 0.3) is 10.9 Å². The molecular weight excluding hydrogens is 739 g/mol. The molecule has 7 aliphatic heterocycles. The summed E-state index contributed by atoms with van der Waals surface area (Å²) in [6, 6.07) is 7.74. The van der Waals surface area contributed by atoms with Crippen molar-refractivity contribution in [1.82, 2.24) is 20.5 Å². The Morgan fingerprint density at radius 2 is 1.91 bits per heavy atom. The van der Waals surface area contributed by atoms with Crippen LogP contribution < -0.4 is 34.3 Å². The molecule has 11 rings (SSSR count). The number of phenols is 1. The summed E-state index contributed by atoms with van der Waals surface area (Å²) in [6.45, 7) is 5.45. The van der Waals surface area contributed by atoms with Gasteiger partial charge in [0.05, 0.1) is 43.3 Å². The summed E-state index contributed by atoms with van der Waals surface area (Å²) >= 11 is 1.52. The van der Waals surface area contributed by atoms with Gasteiger partial charge in [0.2, 0.25) is 6.79 Å². The van der Waals surface area contributed by atoms with Crippen LogP contribution in [0.3, 0.4) is 0 Å². The Morgan fingerprint density at radius 1 is 1.09 bits per heavy atom. The number of phenolic OH excluding ortho intramolecular Hbond substituents is 1. The Bertz CT molecular complexity index is 2430. The minimum atomic E-state index is -1.29. The number of carbonyl (C=O) groups excluding carboxylic acids is 2. The minimum Gasteiger partial charge on any atom is -0.504 e. The number of fused-ring (bicyclic) bond motifs is 11. The first-order chi connectivity index (χ1) is 27.1. The minimum absolute atomic E-state index is 0.0454. The summed E-state index contributed by atoms with van der Waals surface area (Å²) in [5, 5.41) is 30.8. The number of methoxy groups -OCH3 is 2. The number of nitrogens with one attached hydrogen (secondary N) is 3. The maximum atomic E-state index is 14.9. The largest absolute Gasteiger partial charge is 0.504 e. The molecular formula is C41H41N5O9S. The summed E-state index contributed by atoms with van der Waals surface area (Å²) in [7, 11) is 3.17. The van der Waals surface area contributed by atoms with Gasteiger partial charge in [0.15, 0.2) is 28.5 Å². The van der Waals surface area contributed by atoms with Crippen LogP contribution in [-0.4, -0.2) is 85.0 Å². The Labute approximate surface area is 326 Å². The zero-order valence-electron chi connectivity index (χ0n) is 31.5. The van der Waals surface area contributed by atoms with E-state index in [0.717, 1.165) is 33.3 Å². The maximum absolute atomic E-state index is 14.9. The van der Waals surface area contributed by atoms with Crippen LogP contribution in [0.2, 0.25) is 0 Å². The fourth-order valence-electron chi connectivity index (χ4n) is 10.4. The first kappa shape index (κ1) is 35.3. The van der Waals surface area contributed by atoms with Crippen molar-refractivity contribution in [2.45, 2.75) is 74.6 Å². The lowest BCUT2D eigenvalue weighted by Gasteiger charge is -2.59. The van der Waals surface area contributed by atoms with Gasteiger partial charge in [-0.15, -0.1) is 11.8 Å². The van der Waals surface area contributed by atoms with E-state index in [-0.39, 0.29) is 30.9 Å². The van der Waals surface area contributed by atoms with Crippen molar-refractivity contribution < 1.29 is 43.1 Å². The number of aromatic hydroxyl groups is 1. The average molecular weight is 780 g/mol. The van der Waals surface area contributed by atoms with Gasteiger partial charge < -0.3 is 43.8 Å². The molecule has 0 aliphatic carbocycles. The molecule has 2 fully saturated rings. The normalized spacial score (nSPS) is 28.4. The molecule has 3 aromatic carbocycles. The molecule has 2 unspecified atom stereocenters. The van der Waals surface area contributed by atoms with Crippen LogP contribution >= 0.6 is 11.8 Å². The van der Waals surface area contributed by atoms with Gasteiger partial charge >= 0.3 is 11.9 Å². The van der Waals surface area contributed by atoms with Crippen LogP contribution in [0.5, 0.6) is 34.5 Å². The van der Waals surface area contributed by atoms with Gasteiger partial charge in [-0.3, -0.25) is 15.0 Å². The smallest absolute Gasteiger partial charge is 0.333 e. The summed E-state index contributed by atoms with van der Waals surface area (Å²) in [5.74, 6) is 1.70. The van der Waals surface area contributed by atoms with E-state index < -0.39 is 46.9 Å². The molecule has 56 heavy (non-hydrogen) atoms. The van der Waals surface area contributed by atoms with Crippen molar-refractivity contribution in [2.75, 3.05) is 39.9 Å². The van der Waals surface area contributed by atoms with Crippen LogP contribution in [0.15, 0.2) is 24.3 Å². The molecule has 290 valence electrons. The molecule has 1 aromatic heterocycles. The number of aryl methyl sites for hydroxylation is 1. The van der Waals surface area contributed by atoms with E-state index in [0.29, 0.717) is 70.4 Å². The number of aromatic amines is 1. The van der Waals surface area contributed by atoms with Crippen LogP contribution in [0.4, 0.5) is 0 Å². The Hall–Kier alpha value is -5.14. The van der Waals surface area contributed by atoms with Gasteiger partial charge in [-0.2, -0.15) is 5.26 Å². The molecule has 0 saturated carbocycles. The molecule has 0 amide bonds. The molecule has 8 heterocycles. The Morgan fingerprint density at radius 3 is 2.68 bits per heavy atom. The number of aromatic nitrogens is 1. The van der Waals surface area contributed by atoms with Gasteiger partial charge in [-0.05, 0) is 61.6 Å². The van der Waals surface area contributed by atoms with E-state index in [1.54, 1.807) is 14.2 Å². The maximum Gasteiger partial charge on any atom is 0.333 e. The lowest BCUT2D eigenvalue weighted by molar-refractivity contribution is -0.155. The SMILES string of the molecule is COc1ccc2[nH]c3c(c2c1)CCN[C@]31CS[C@@H]2c3c(OC(C)=O)c(C)c4c(c3[C@H](COC1=O)N1[C@@H]2C2NC(Cc3cc(C)c(OC)c(O)c32)[C@@H]1C#N)OCO4.